The van der Waals surface area contributed by atoms with Crippen LogP contribution in [0.3, 0.4) is 0 Å². The van der Waals surface area contributed by atoms with Crippen LogP contribution in [0.2, 0.25) is 0 Å². The van der Waals surface area contributed by atoms with Gasteiger partial charge in [0, 0.05) is 30.6 Å². The average molecular weight is 450 g/mol. The Morgan fingerprint density at radius 1 is 1.43 bits per heavy atom. The van der Waals surface area contributed by atoms with E-state index in [1.54, 1.807) is 6.20 Å². The lowest BCUT2D eigenvalue weighted by atomic mass is 10.2. The van der Waals surface area contributed by atoms with Gasteiger partial charge in [0.15, 0.2) is 5.96 Å². The molecule has 1 saturated heterocycles. The topological polar surface area (TPSA) is 58.5 Å². The highest BCUT2D eigenvalue weighted by Gasteiger charge is 2.15. The van der Waals surface area contributed by atoms with Gasteiger partial charge < -0.3 is 15.4 Å². The summed E-state index contributed by atoms with van der Waals surface area (Å²) in [6, 6.07) is 3.92. The second kappa shape index (κ2) is 11.8. The largest absolute Gasteiger partial charge is 0.478 e. The SMILES string of the molecule is CCNC(=NCc1ccnc(OCC)c1)NCC1CCCS1.I. The fourth-order valence-electron chi connectivity index (χ4n) is 2.30. The number of ether oxygens (including phenoxy) is 1. The number of hydrogen-bond donors (Lipinski definition) is 2. The third-order valence-electron chi connectivity index (χ3n) is 3.38. The molecule has 0 aromatic carbocycles. The van der Waals surface area contributed by atoms with Gasteiger partial charge in [0.05, 0.1) is 13.2 Å². The smallest absolute Gasteiger partial charge is 0.213 e. The van der Waals surface area contributed by atoms with Crippen molar-refractivity contribution in [3.8, 4) is 5.88 Å². The molecule has 5 nitrogen and oxygen atoms in total. The van der Waals surface area contributed by atoms with Gasteiger partial charge >= 0.3 is 0 Å². The molecule has 0 saturated carbocycles. The van der Waals surface area contributed by atoms with Crippen LogP contribution in [0.1, 0.15) is 32.3 Å². The molecule has 1 aromatic heterocycles. The van der Waals surface area contributed by atoms with E-state index in [1.807, 2.05) is 19.1 Å². The molecule has 0 spiro atoms. The number of guanidine groups is 1. The van der Waals surface area contributed by atoms with E-state index in [2.05, 4.69) is 39.3 Å². The van der Waals surface area contributed by atoms with Gasteiger partial charge in [0.25, 0.3) is 0 Å². The Hall–Kier alpha value is -0.700. The van der Waals surface area contributed by atoms with Crippen molar-refractivity contribution in [1.29, 1.82) is 0 Å². The molecule has 0 aliphatic carbocycles. The van der Waals surface area contributed by atoms with Crippen LogP contribution in [0.4, 0.5) is 0 Å². The van der Waals surface area contributed by atoms with Crippen molar-refractivity contribution in [1.82, 2.24) is 15.6 Å². The number of nitrogens with zero attached hydrogens (tertiary/aromatic N) is 2. The molecule has 1 atom stereocenters. The molecule has 1 aliphatic heterocycles. The fourth-order valence-corrected chi connectivity index (χ4v) is 3.50. The number of aromatic nitrogens is 1. The summed E-state index contributed by atoms with van der Waals surface area (Å²) in [5, 5.41) is 7.46. The van der Waals surface area contributed by atoms with E-state index in [0.717, 1.165) is 24.6 Å². The first-order chi connectivity index (χ1) is 10.8. The summed E-state index contributed by atoms with van der Waals surface area (Å²) in [6.07, 6.45) is 4.41. The lowest BCUT2D eigenvalue weighted by Crippen LogP contribution is -2.40. The maximum atomic E-state index is 5.42. The highest BCUT2D eigenvalue weighted by Crippen LogP contribution is 2.25. The summed E-state index contributed by atoms with van der Waals surface area (Å²) in [4.78, 5) is 8.82. The summed E-state index contributed by atoms with van der Waals surface area (Å²) in [5.74, 6) is 2.83. The highest BCUT2D eigenvalue weighted by molar-refractivity contribution is 14.0. The Labute approximate surface area is 160 Å². The van der Waals surface area contributed by atoms with Crippen molar-refractivity contribution in [3.05, 3.63) is 23.9 Å². The maximum Gasteiger partial charge on any atom is 0.213 e. The van der Waals surface area contributed by atoms with Gasteiger partial charge in [-0.3, -0.25) is 0 Å². The summed E-state index contributed by atoms with van der Waals surface area (Å²) in [5.41, 5.74) is 1.10. The van der Waals surface area contributed by atoms with Gasteiger partial charge in [0.2, 0.25) is 5.88 Å². The highest BCUT2D eigenvalue weighted by atomic mass is 127. The van der Waals surface area contributed by atoms with Crippen molar-refractivity contribution in [3.63, 3.8) is 0 Å². The molecule has 2 heterocycles. The summed E-state index contributed by atoms with van der Waals surface area (Å²) < 4.78 is 5.42. The van der Waals surface area contributed by atoms with Crippen molar-refractivity contribution in [2.45, 2.75) is 38.5 Å². The van der Waals surface area contributed by atoms with Gasteiger partial charge in [-0.25, -0.2) is 9.98 Å². The number of hydrogen-bond acceptors (Lipinski definition) is 4. The predicted octanol–water partition coefficient (Wildman–Crippen LogP) is 3.05. The first-order valence-electron chi connectivity index (χ1n) is 8.03. The lowest BCUT2D eigenvalue weighted by Gasteiger charge is -2.14. The van der Waals surface area contributed by atoms with Crippen molar-refractivity contribution in [2.24, 2.45) is 4.99 Å². The molecule has 1 fully saturated rings. The summed E-state index contributed by atoms with van der Waals surface area (Å²) in [7, 11) is 0. The van der Waals surface area contributed by atoms with E-state index >= 15 is 0 Å². The molecule has 1 aromatic rings. The lowest BCUT2D eigenvalue weighted by molar-refractivity contribution is 0.326. The van der Waals surface area contributed by atoms with Crippen LogP contribution in [-0.4, -0.2) is 41.6 Å². The zero-order valence-electron chi connectivity index (χ0n) is 13.9. The zero-order valence-corrected chi connectivity index (χ0v) is 17.0. The van der Waals surface area contributed by atoms with Crippen LogP contribution in [0.25, 0.3) is 0 Å². The Kier molecular flexibility index (Phi) is 10.4. The molecule has 1 aliphatic rings. The van der Waals surface area contributed by atoms with Crippen molar-refractivity contribution < 1.29 is 4.74 Å². The molecule has 7 heteroatoms. The molecular formula is C16H27IN4OS. The third-order valence-corrected chi connectivity index (χ3v) is 4.77. The first kappa shape index (κ1) is 20.3. The number of thioether (sulfide) groups is 1. The van der Waals surface area contributed by atoms with Gasteiger partial charge in [-0.15, -0.1) is 24.0 Å². The van der Waals surface area contributed by atoms with Gasteiger partial charge in [-0.1, -0.05) is 0 Å². The summed E-state index contributed by atoms with van der Waals surface area (Å²) in [6.45, 7) is 7.14. The number of rotatable bonds is 7. The van der Waals surface area contributed by atoms with Crippen LogP contribution >= 0.6 is 35.7 Å². The Balaban J connectivity index is 0.00000264. The Bertz CT molecular complexity index is 481. The van der Waals surface area contributed by atoms with Gasteiger partial charge in [-0.2, -0.15) is 11.8 Å². The molecule has 2 N–H and O–H groups in total. The van der Waals surface area contributed by atoms with Crippen LogP contribution < -0.4 is 15.4 Å². The molecule has 1 unspecified atom stereocenters. The quantitative estimate of drug-likeness (QED) is 0.380. The second-order valence-corrected chi connectivity index (χ2v) is 6.55. The third kappa shape index (κ3) is 7.60. The van der Waals surface area contributed by atoms with Gasteiger partial charge in [-0.05, 0) is 44.1 Å². The fraction of sp³-hybridized carbons (Fsp3) is 0.625. The molecule has 2 rings (SSSR count). The monoisotopic (exact) mass is 450 g/mol. The zero-order chi connectivity index (χ0) is 15.6. The molecule has 23 heavy (non-hydrogen) atoms. The maximum absolute atomic E-state index is 5.42. The molecular weight excluding hydrogens is 423 g/mol. The minimum absolute atomic E-state index is 0. The minimum atomic E-state index is 0. The van der Waals surface area contributed by atoms with Crippen LogP contribution in [-0.2, 0) is 6.54 Å². The standard InChI is InChI=1S/C16H26N4OS.HI/c1-3-17-16(20-12-14-6-5-9-22-14)19-11-13-7-8-18-15(10-13)21-4-2;/h7-8,10,14H,3-6,9,11-12H2,1-2H3,(H2,17,19,20);1H. The van der Waals surface area contributed by atoms with Crippen molar-refractivity contribution >= 4 is 41.7 Å². The Morgan fingerprint density at radius 2 is 2.30 bits per heavy atom. The van der Waals surface area contributed by atoms with Gasteiger partial charge in [0.1, 0.15) is 0 Å². The second-order valence-electron chi connectivity index (χ2n) is 5.15. The molecule has 130 valence electrons. The minimum Gasteiger partial charge on any atom is -0.478 e. The van der Waals surface area contributed by atoms with Crippen LogP contribution in [0, 0.1) is 0 Å². The van der Waals surface area contributed by atoms with E-state index in [9.17, 15) is 0 Å². The number of nitrogens with one attached hydrogen (secondary N) is 2. The predicted molar refractivity (Wildman–Crippen MR) is 109 cm³/mol. The van der Waals surface area contributed by atoms with Crippen LogP contribution in [0.15, 0.2) is 23.3 Å². The normalized spacial score (nSPS) is 17.5. The van der Waals surface area contributed by atoms with E-state index in [4.69, 9.17) is 4.74 Å². The molecule has 0 radical (unpaired) electrons. The molecule has 0 amide bonds. The summed E-state index contributed by atoms with van der Waals surface area (Å²) >= 11 is 2.05. The van der Waals surface area contributed by atoms with E-state index in [1.165, 1.54) is 18.6 Å². The van der Waals surface area contributed by atoms with Crippen LogP contribution in [0.5, 0.6) is 5.88 Å². The number of pyridine rings is 1. The van der Waals surface area contributed by atoms with Crippen molar-refractivity contribution in [2.75, 3.05) is 25.4 Å². The van der Waals surface area contributed by atoms with E-state index in [0.29, 0.717) is 24.3 Å². The number of aliphatic imine (C=N–C) groups is 1. The van der Waals surface area contributed by atoms with E-state index in [-0.39, 0.29) is 24.0 Å². The first-order valence-corrected chi connectivity index (χ1v) is 9.08. The van der Waals surface area contributed by atoms with E-state index < -0.39 is 0 Å². The Morgan fingerprint density at radius 3 is 3.00 bits per heavy atom. The average Bonchev–Trinajstić information content (AvgIpc) is 3.04. The number of halogens is 1. The molecule has 0 bridgehead atoms.